The van der Waals surface area contributed by atoms with Crippen LogP contribution >= 0.6 is 11.3 Å². The summed E-state index contributed by atoms with van der Waals surface area (Å²) >= 11 is 1.39. The van der Waals surface area contributed by atoms with Gasteiger partial charge >= 0.3 is 0 Å². The molecular formula is C12H10FN3S. The number of aryl methyl sites for hydroxylation is 1. The van der Waals surface area contributed by atoms with Crippen molar-refractivity contribution >= 4 is 17.0 Å². The van der Waals surface area contributed by atoms with Gasteiger partial charge in [-0.05, 0) is 19.1 Å². The Kier molecular flexibility index (Phi) is 3.35. The summed E-state index contributed by atoms with van der Waals surface area (Å²) in [6.45, 7) is 1.86. The van der Waals surface area contributed by atoms with Crippen molar-refractivity contribution in [1.29, 1.82) is 5.26 Å². The molecule has 1 unspecified atom stereocenters. The molecule has 0 bridgehead atoms. The third kappa shape index (κ3) is 2.60. The standard InChI is InChI=1S/C12H10FN3S/c1-8-7-17-12(15-8)11(6-14)16-10-5-3-2-4-9(10)13/h2-5,7,11,16H,1H3. The molecule has 1 aromatic heterocycles. The van der Waals surface area contributed by atoms with Gasteiger partial charge < -0.3 is 5.32 Å². The van der Waals surface area contributed by atoms with Crippen molar-refractivity contribution in [2.75, 3.05) is 5.32 Å². The van der Waals surface area contributed by atoms with Gasteiger partial charge in [-0.3, -0.25) is 0 Å². The Morgan fingerprint density at radius 2 is 2.24 bits per heavy atom. The second kappa shape index (κ2) is 4.93. The van der Waals surface area contributed by atoms with E-state index in [4.69, 9.17) is 5.26 Å². The van der Waals surface area contributed by atoms with E-state index in [1.165, 1.54) is 17.4 Å². The number of hydrogen-bond acceptors (Lipinski definition) is 4. The van der Waals surface area contributed by atoms with Crippen molar-refractivity contribution in [2.45, 2.75) is 13.0 Å². The first kappa shape index (κ1) is 11.6. The van der Waals surface area contributed by atoms with E-state index in [1.54, 1.807) is 18.2 Å². The number of nitrogens with zero attached hydrogens (tertiary/aromatic N) is 2. The van der Waals surface area contributed by atoms with E-state index in [-0.39, 0.29) is 5.82 Å². The molecule has 0 spiro atoms. The molecule has 0 aliphatic carbocycles. The molecule has 0 saturated carbocycles. The average molecular weight is 247 g/mol. The van der Waals surface area contributed by atoms with Crippen molar-refractivity contribution in [1.82, 2.24) is 4.98 Å². The molecule has 86 valence electrons. The maximum absolute atomic E-state index is 13.4. The second-order valence-electron chi connectivity index (χ2n) is 3.51. The van der Waals surface area contributed by atoms with Gasteiger partial charge in [-0.1, -0.05) is 12.1 Å². The van der Waals surface area contributed by atoms with Gasteiger partial charge in [0.1, 0.15) is 10.8 Å². The lowest BCUT2D eigenvalue weighted by atomic mass is 10.2. The monoisotopic (exact) mass is 247 g/mol. The summed E-state index contributed by atoms with van der Waals surface area (Å²) in [5.74, 6) is -0.374. The Hall–Kier alpha value is -1.93. The minimum atomic E-state index is -0.620. The van der Waals surface area contributed by atoms with E-state index in [2.05, 4.69) is 16.4 Å². The Bertz CT molecular complexity index is 559. The molecule has 2 rings (SSSR count). The van der Waals surface area contributed by atoms with Gasteiger partial charge in [0.15, 0.2) is 6.04 Å². The van der Waals surface area contributed by atoms with Crippen LogP contribution in [0.1, 0.15) is 16.7 Å². The number of nitrogens with one attached hydrogen (secondary N) is 1. The fraction of sp³-hybridized carbons (Fsp3) is 0.167. The van der Waals surface area contributed by atoms with Crippen LogP contribution in [0.5, 0.6) is 0 Å². The molecule has 1 N–H and O–H groups in total. The topological polar surface area (TPSA) is 48.7 Å². The van der Waals surface area contributed by atoms with Crippen molar-refractivity contribution in [3.63, 3.8) is 0 Å². The molecule has 0 radical (unpaired) electrons. The third-order valence-electron chi connectivity index (χ3n) is 2.19. The smallest absolute Gasteiger partial charge is 0.167 e. The van der Waals surface area contributed by atoms with Crippen LogP contribution in [0.2, 0.25) is 0 Å². The molecule has 0 aliphatic heterocycles. The second-order valence-corrected chi connectivity index (χ2v) is 4.40. The van der Waals surface area contributed by atoms with Crippen molar-refractivity contribution < 1.29 is 4.39 Å². The number of anilines is 1. The number of thiazole rings is 1. The zero-order valence-electron chi connectivity index (χ0n) is 9.14. The molecule has 0 amide bonds. The summed E-state index contributed by atoms with van der Waals surface area (Å²) in [6.07, 6.45) is 0. The van der Waals surface area contributed by atoms with Gasteiger partial charge in [-0.2, -0.15) is 5.26 Å². The van der Waals surface area contributed by atoms with Gasteiger partial charge in [0.2, 0.25) is 0 Å². The normalized spacial score (nSPS) is 11.8. The van der Waals surface area contributed by atoms with Crippen LogP contribution in [0, 0.1) is 24.1 Å². The van der Waals surface area contributed by atoms with Gasteiger partial charge in [-0.25, -0.2) is 9.37 Å². The first-order valence-corrected chi connectivity index (χ1v) is 5.91. The molecule has 5 heteroatoms. The lowest BCUT2D eigenvalue weighted by Gasteiger charge is -2.10. The van der Waals surface area contributed by atoms with Crippen molar-refractivity contribution in [3.8, 4) is 6.07 Å². The molecule has 0 saturated heterocycles. The van der Waals surface area contributed by atoms with Crippen LogP contribution in [0.4, 0.5) is 10.1 Å². The molecule has 1 heterocycles. The molecule has 17 heavy (non-hydrogen) atoms. The van der Waals surface area contributed by atoms with Crippen LogP contribution < -0.4 is 5.32 Å². The minimum Gasteiger partial charge on any atom is -0.362 e. The maximum Gasteiger partial charge on any atom is 0.167 e. The largest absolute Gasteiger partial charge is 0.362 e. The lowest BCUT2D eigenvalue weighted by Crippen LogP contribution is -2.09. The van der Waals surface area contributed by atoms with E-state index in [9.17, 15) is 4.39 Å². The molecular weight excluding hydrogens is 237 g/mol. The van der Waals surface area contributed by atoms with Crippen LogP contribution in [-0.2, 0) is 0 Å². The van der Waals surface area contributed by atoms with Crippen LogP contribution in [-0.4, -0.2) is 4.98 Å². The van der Waals surface area contributed by atoms with E-state index < -0.39 is 6.04 Å². The summed E-state index contributed by atoms with van der Waals surface area (Å²) in [7, 11) is 0. The number of hydrogen-bond donors (Lipinski definition) is 1. The Balaban J connectivity index is 2.22. The van der Waals surface area contributed by atoms with E-state index in [1.807, 2.05) is 12.3 Å². The zero-order chi connectivity index (χ0) is 12.3. The van der Waals surface area contributed by atoms with Gasteiger partial charge in [0, 0.05) is 11.1 Å². The first-order chi connectivity index (χ1) is 8.20. The van der Waals surface area contributed by atoms with Crippen molar-refractivity contribution in [2.24, 2.45) is 0 Å². The fourth-order valence-electron chi connectivity index (χ4n) is 1.39. The Labute approximate surface area is 103 Å². The number of nitriles is 1. The highest BCUT2D eigenvalue weighted by molar-refractivity contribution is 7.09. The molecule has 1 aromatic carbocycles. The summed E-state index contributed by atoms with van der Waals surface area (Å²) in [6, 6.07) is 7.73. The molecule has 0 aliphatic rings. The summed E-state index contributed by atoms with van der Waals surface area (Å²) in [4.78, 5) is 4.22. The summed E-state index contributed by atoms with van der Waals surface area (Å²) in [5, 5.41) is 14.4. The summed E-state index contributed by atoms with van der Waals surface area (Å²) < 4.78 is 13.4. The average Bonchev–Trinajstić information content (AvgIpc) is 2.75. The van der Waals surface area contributed by atoms with Crippen LogP contribution in [0.25, 0.3) is 0 Å². The van der Waals surface area contributed by atoms with Gasteiger partial charge in [0.05, 0.1) is 11.8 Å². The Morgan fingerprint density at radius 3 is 2.82 bits per heavy atom. The lowest BCUT2D eigenvalue weighted by molar-refractivity contribution is 0.629. The highest BCUT2D eigenvalue weighted by Gasteiger charge is 2.15. The number of halogens is 1. The zero-order valence-corrected chi connectivity index (χ0v) is 9.96. The maximum atomic E-state index is 13.4. The third-order valence-corrected chi connectivity index (χ3v) is 3.21. The summed E-state index contributed by atoms with van der Waals surface area (Å²) in [5.41, 5.74) is 1.17. The van der Waals surface area contributed by atoms with Crippen molar-refractivity contribution in [3.05, 3.63) is 46.2 Å². The predicted molar refractivity (Wildman–Crippen MR) is 65.2 cm³/mol. The quantitative estimate of drug-likeness (QED) is 0.905. The number of rotatable bonds is 3. The molecule has 0 fully saturated rings. The predicted octanol–water partition coefficient (Wildman–Crippen LogP) is 3.27. The highest BCUT2D eigenvalue weighted by atomic mass is 32.1. The first-order valence-electron chi connectivity index (χ1n) is 5.03. The van der Waals surface area contributed by atoms with Crippen LogP contribution in [0.3, 0.4) is 0 Å². The minimum absolute atomic E-state index is 0.312. The Morgan fingerprint density at radius 1 is 1.47 bits per heavy atom. The van der Waals surface area contributed by atoms with E-state index >= 15 is 0 Å². The molecule has 2 aromatic rings. The van der Waals surface area contributed by atoms with Crippen LogP contribution in [0.15, 0.2) is 29.6 Å². The van der Waals surface area contributed by atoms with E-state index in [0.717, 1.165) is 5.69 Å². The van der Waals surface area contributed by atoms with E-state index in [0.29, 0.717) is 10.7 Å². The fourth-order valence-corrected chi connectivity index (χ4v) is 2.18. The number of aromatic nitrogens is 1. The molecule has 1 atom stereocenters. The van der Waals surface area contributed by atoms with Gasteiger partial charge in [-0.15, -0.1) is 11.3 Å². The highest BCUT2D eigenvalue weighted by Crippen LogP contribution is 2.23. The SMILES string of the molecule is Cc1csc(C(C#N)Nc2ccccc2F)n1. The van der Waals surface area contributed by atoms with Gasteiger partial charge in [0.25, 0.3) is 0 Å². The number of benzene rings is 1. The molecule has 3 nitrogen and oxygen atoms in total. The number of para-hydroxylation sites is 1.